The first-order valence-corrected chi connectivity index (χ1v) is 8.87. The molecule has 1 aromatic heterocycles. The Morgan fingerprint density at radius 2 is 2.26 bits per heavy atom. The van der Waals surface area contributed by atoms with Gasteiger partial charge in [-0.25, -0.2) is 0 Å². The lowest BCUT2D eigenvalue weighted by Gasteiger charge is -2.22. The number of nitriles is 1. The lowest BCUT2D eigenvalue weighted by Crippen LogP contribution is -2.31. The summed E-state index contributed by atoms with van der Waals surface area (Å²) >= 11 is 0. The summed E-state index contributed by atoms with van der Waals surface area (Å²) in [5, 5.41) is 20.3. The molecule has 0 aliphatic carbocycles. The molecular weight excluding hydrogens is 340 g/mol. The zero-order chi connectivity index (χ0) is 19.2. The van der Waals surface area contributed by atoms with E-state index in [-0.39, 0.29) is 12.0 Å². The Morgan fingerprint density at radius 1 is 1.41 bits per heavy atom. The van der Waals surface area contributed by atoms with E-state index in [1.165, 1.54) is 0 Å². The van der Waals surface area contributed by atoms with Gasteiger partial charge in [0.15, 0.2) is 0 Å². The minimum atomic E-state index is -0.0428. The van der Waals surface area contributed by atoms with E-state index in [2.05, 4.69) is 37.1 Å². The lowest BCUT2D eigenvalue weighted by molar-refractivity contribution is 0.292. The first-order valence-electron chi connectivity index (χ1n) is 8.87. The summed E-state index contributed by atoms with van der Waals surface area (Å²) in [6.45, 7) is 1.73. The van der Waals surface area contributed by atoms with Crippen LogP contribution in [0.4, 0.5) is 5.69 Å². The molecule has 1 saturated heterocycles. The summed E-state index contributed by atoms with van der Waals surface area (Å²) in [6.07, 6.45) is 5.90. The fraction of sp³-hybridized carbons (Fsp3) is 0.316. The molecule has 1 atom stereocenters. The smallest absolute Gasteiger partial charge is 0.211 e. The van der Waals surface area contributed by atoms with Crippen LogP contribution in [0, 0.1) is 11.3 Å². The topological polar surface area (TPSA) is 121 Å². The quantitative estimate of drug-likeness (QED) is 0.408. The normalized spacial score (nSPS) is 17.1. The van der Waals surface area contributed by atoms with Crippen LogP contribution in [0.3, 0.4) is 0 Å². The summed E-state index contributed by atoms with van der Waals surface area (Å²) in [6, 6.07) is 12.4. The number of likely N-dealkylation sites (tertiary alicyclic amines) is 1. The van der Waals surface area contributed by atoms with Crippen molar-refractivity contribution >= 4 is 17.9 Å². The minimum absolute atomic E-state index is 0.0428. The lowest BCUT2D eigenvalue weighted by atomic mass is 10.1. The van der Waals surface area contributed by atoms with E-state index in [1.54, 1.807) is 6.21 Å². The summed E-state index contributed by atoms with van der Waals surface area (Å²) in [4.78, 5) is 2.34. The predicted octanol–water partition coefficient (Wildman–Crippen LogP) is 1.61. The summed E-state index contributed by atoms with van der Waals surface area (Å²) in [7, 11) is 1.84. The maximum absolute atomic E-state index is 9.54. The van der Waals surface area contributed by atoms with E-state index >= 15 is 0 Å². The van der Waals surface area contributed by atoms with Crippen molar-refractivity contribution in [2.45, 2.75) is 25.4 Å². The Morgan fingerprint density at radius 3 is 3.00 bits per heavy atom. The van der Waals surface area contributed by atoms with Gasteiger partial charge in [0.1, 0.15) is 6.07 Å². The third-order valence-electron chi connectivity index (χ3n) is 4.69. The SMILES string of the molecule is CNc1ccc(-n2cccc2CN2CCCC2/C=N/N=C(N)N)c(C#N)c1. The van der Waals surface area contributed by atoms with Gasteiger partial charge in [0, 0.05) is 43.4 Å². The van der Waals surface area contributed by atoms with Crippen molar-refractivity contribution in [1.82, 2.24) is 9.47 Å². The third-order valence-corrected chi connectivity index (χ3v) is 4.69. The monoisotopic (exact) mass is 364 g/mol. The molecule has 140 valence electrons. The number of anilines is 1. The van der Waals surface area contributed by atoms with Gasteiger partial charge in [-0.2, -0.15) is 10.4 Å². The van der Waals surface area contributed by atoms with Crippen LogP contribution in [0.15, 0.2) is 46.7 Å². The molecule has 1 fully saturated rings. The van der Waals surface area contributed by atoms with E-state index in [0.717, 1.165) is 43.0 Å². The van der Waals surface area contributed by atoms with Gasteiger partial charge in [-0.05, 0) is 49.7 Å². The van der Waals surface area contributed by atoms with E-state index in [0.29, 0.717) is 5.56 Å². The second kappa shape index (κ2) is 8.38. The molecule has 8 heteroatoms. The number of hydrogen-bond acceptors (Lipinski definition) is 5. The van der Waals surface area contributed by atoms with Crippen molar-refractivity contribution in [2.75, 3.05) is 18.9 Å². The Labute approximate surface area is 158 Å². The van der Waals surface area contributed by atoms with Gasteiger partial charge >= 0.3 is 0 Å². The van der Waals surface area contributed by atoms with E-state index in [1.807, 2.05) is 37.5 Å². The average molecular weight is 364 g/mol. The van der Waals surface area contributed by atoms with Crippen LogP contribution in [0.2, 0.25) is 0 Å². The van der Waals surface area contributed by atoms with Gasteiger partial charge in [0.25, 0.3) is 0 Å². The Balaban J connectivity index is 1.83. The summed E-state index contributed by atoms with van der Waals surface area (Å²) in [5.41, 5.74) is 14.2. The van der Waals surface area contributed by atoms with Crippen LogP contribution in [0.5, 0.6) is 0 Å². The third kappa shape index (κ3) is 4.27. The van der Waals surface area contributed by atoms with Gasteiger partial charge in [-0.3, -0.25) is 4.90 Å². The number of rotatable bonds is 6. The molecule has 0 bridgehead atoms. The molecule has 1 aliphatic heterocycles. The van der Waals surface area contributed by atoms with E-state index in [4.69, 9.17) is 11.5 Å². The molecule has 0 spiro atoms. The zero-order valence-electron chi connectivity index (χ0n) is 15.3. The molecule has 2 aromatic rings. The van der Waals surface area contributed by atoms with E-state index < -0.39 is 0 Å². The number of nitrogens with zero attached hydrogens (tertiary/aromatic N) is 5. The molecule has 27 heavy (non-hydrogen) atoms. The number of benzene rings is 1. The fourth-order valence-corrected chi connectivity index (χ4v) is 3.37. The number of aromatic nitrogens is 1. The molecule has 1 aromatic carbocycles. The highest BCUT2D eigenvalue weighted by Crippen LogP contribution is 2.24. The molecule has 0 saturated carbocycles. The second-order valence-electron chi connectivity index (χ2n) is 6.43. The van der Waals surface area contributed by atoms with Crippen LogP contribution in [-0.4, -0.2) is 41.3 Å². The van der Waals surface area contributed by atoms with Crippen LogP contribution in [0.25, 0.3) is 5.69 Å². The molecule has 0 radical (unpaired) electrons. The molecule has 3 rings (SSSR count). The largest absolute Gasteiger partial charge is 0.388 e. The molecule has 2 heterocycles. The average Bonchev–Trinajstić information content (AvgIpc) is 3.31. The van der Waals surface area contributed by atoms with Gasteiger partial charge in [-0.15, -0.1) is 5.10 Å². The maximum atomic E-state index is 9.54. The zero-order valence-corrected chi connectivity index (χ0v) is 15.3. The van der Waals surface area contributed by atoms with E-state index in [9.17, 15) is 5.26 Å². The highest BCUT2D eigenvalue weighted by molar-refractivity contribution is 5.76. The first kappa shape index (κ1) is 18.5. The minimum Gasteiger partial charge on any atom is -0.388 e. The molecule has 0 amide bonds. The fourth-order valence-electron chi connectivity index (χ4n) is 3.37. The Bertz CT molecular complexity index is 885. The van der Waals surface area contributed by atoms with Crippen LogP contribution in [-0.2, 0) is 6.54 Å². The number of guanidine groups is 1. The molecule has 1 unspecified atom stereocenters. The van der Waals surface area contributed by atoms with Crippen LogP contribution < -0.4 is 16.8 Å². The van der Waals surface area contributed by atoms with Crippen molar-refractivity contribution in [3.05, 3.63) is 47.8 Å². The van der Waals surface area contributed by atoms with Gasteiger partial charge in [0.2, 0.25) is 5.96 Å². The molecule has 8 nitrogen and oxygen atoms in total. The molecule has 5 N–H and O–H groups in total. The predicted molar refractivity (Wildman–Crippen MR) is 108 cm³/mol. The highest BCUT2D eigenvalue weighted by Gasteiger charge is 2.24. The van der Waals surface area contributed by atoms with Gasteiger partial charge in [0.05, 0.1) is 11.3 Å². The summed E-state index contributed by atoms with van der Waals surface area (Å²) < 4.78 is 2.07. The number of nitrogens with two attached hydrogens (primary N) is 2. The standard InChI is InChI=1S/C19H24N8/c1-23-15-6-7-18(14(10-15)11-20)27-9-3-5-17(27)13-26-8-2-4-16(26)12-24-25-19(21)22/h3,5-7,9-10,12,16,23H,2,4,8,13H2,1H3,(H4,21,22,25)/b24-12+. The van der Waals surface area contributed by atoms with Crippen molar-refractivity contribution in [2.24, 2.45) is 21.7 Å². The van der Waals surface area contributed by atoms with Gasteiger partial charge < -0.3 is 21.4 Å². The Hall–Kier alpha value is -3.31. The molecular formula is C19H24N8. The summed E-state index contributed by atoms with van der Waals surface area (Å²) in [5.74, 6) is -0.0428. The molecule has 1 aliphatic rings. The Kier molecular flexibility index (Phi) is 5.74. The number of nitrogens with one attached hydrogen (secondary N) is 1. The van der Waals surface area contributed by atoms with Crippen LogP contribution in [0.1, 0.15) is 24.1 Å². The van der Waals surface area contributed by atoms with Crippen molar-refractivity contribution in [3.8, 4) is 11.8 Å². The van der Waals surface area contributed by atoms with Crippen molar-refractivity contribution in [3.63, 3.8) is 0 Å². The van der Waals surface area contributed by atoms with Crippen LogP contribution >= 0.6 is 0 Å². The second-order valence-corrected chi connectivity index (χ2v) is 6.43. The number of hydrogen-bond donors (Lipinski definition) is 3. The maximum Gasteiger partial charge on any atom is 0.211 e. The van der Waals surface area contributed by atoms with Crippen molar-refractivity contribution in [1.29, 1.82) is 5.26 Å². The highest BCUT2D eigenvalue weighted by atomic mass is 15.3. The first-order chi connectivity index (χ1) is 13.1. The van der Waals surface area contributed by atoms with Crippen molar-refractivity contribution < 1.29 is 0 Å². The van der Waals surface area contributed by atoms with Gasteiger partial charge in [-0.1, -0.05) is 0 Å².